The lowest BCUT2D eigenvalue weighted by molar-refractivity contribution is -0.227. The summed E-state index contributed by atoms with van der Waals surface area (Å²) in [5, 5.41) is 40.9. The largest absolute Gasteiger partial charge is 0.466 e. The van der Waals surface area contributed by atoms with Gasteiger partial charge in [-0.05, 0) is 6.92 Å². The highest BCUT2D eigenvalue weighted by Crippen LogP contribution is 2.23. The normalized spacial score (nSPS) is 35.9. The van der Waals surface area contributed by atoms with Gasteiger partial charge in [-0.15, -0.1) is 0 Å². The molecule has 118 valence electrons. The average Bonchev–Trinajstić information content (AvgIpc) is 2.36. The van der Waals surface area contributed by atoms with Crippen LogP contribution in [0.25, 0.3) is 0 Å². The first-order valence-corrected chi connectivity index (χ1v) is 7.02. The zero-order valence-corrected chi connectivity index (χ0v) is 11.3. The van der Waals surface area contributed by atoms with E-state index in [1.54, 1.807) is 0 Å². The minimum Gasteiger partial charge on any atom is -0.394 e. The van der Waals surface area contributed by atoms with Gasteiger partial charge in [-0.3, -0.25) is 4.55 Å². The van der Waals surface area contributed by atoms with Crippen molar-refractivity contribution < 1.29 is 42.4 Å². The van der Waals surface area contributed by atoms with E-state index in [4.69, 9.17) is 14.4 Å². The molecule has 1 rings (SSSR count). The first-order valence-electron chi connectivity index (χ1n) is 5.65. The number of hydrogen-bond donors (Lipinski definition) is 5. The number of oxime groups is 1. The molecule has 5 atom stereocenters. The molecule has 0 aliphatic carbocycles. The highest BCUT2D eigenvalue weighted by Gasteiger charge is 2.43. The molecule has 1 heterocycles. The van der Waals surface area contributed by atoms with Crippen molar-refractivity contribution in [3.05, 3.63) is 0 Å². The van der Waals surface area contributed by atoms with Gasteiger partial charge in [0, 0.05) is 6.42 Å². The summed E-state index contributed by atoms with van der Waals surface area (Å²) in [7, 11) is -4.73. The van der Waals surface area contributed by atoms with Gasteiger partial charge in [0.05, 0.1) is 18.4 Å². The Morgan fingerprint density at radius 3 is 2.25 bits per heavy atom. The third-order valence-corrected chi connectivity index (χ3v) is 3.04. The fraction of sp³-hybridized carbons (Fsp3) is 0.889. The van der Waals surface area contributed by atoms with E-state index in [2.05, 4.69) is 9.44 Å². The maximum atomic E-state index is 10.3. The van der Waals surface area contributed by atoms with Crippen LogP contribution in [0.3, 0.4) is 0 Å². The Morgan fingerprint density at radius 1 is 1.20 bits per heavy atom. The summed E-state index contributed by atoms with van der Waals surface area (Å²) in [6.45, 7) is 0.770. The Balaban J connectivity index is 2.71. The van der Waals surface area contributed by atoms with Crippen molar-refractivity contribution in [3.8, 4) is 0 Å². The maximum absolute atomic E-state index is 10.3. The molecule has 0 amide bonds. The summed E-state index contributed by atoms with van der Waals surface area (Å²) in [5.41, 5.74) is 0.0481. The Hall–Kier alpha value is -0.820. The van der Waals surface area contributed by atoms with Crippen molar-refractivity contribution >= 4 is 16.1 Å². The molecule has 20 heavy (non-hydrogen) atoms. The summed E-state index contributed by atoms with van der Waals surface area (Å²) in [6.07, 6.45) is -6.69. The van der Waals surface area contributed by atoms with E-state index in [-0.39, 0.29) is 12.1 Å². The van der Waals surface area contributed by atoms with E-state index in [0.29, 0.717) is 0 Å². The molecule has 0 spiro atoms. The third-order valence-electron chi connectivity index (χ3n) is 2.78. The van der Waals surface area contributed by atoms with Gasteiger partial charge < -0.3 is 25.2 Å². The molecule has 1 aliphatic heterocycles. The van der Waals surface area contributed by atoms with E-state index in [1.165, 1.54) is 6.92 Å². The zero-order chi connectivity index (χ0) is 15.5. The lowest BCUT2D eigenvalue weighted by Gasteiger charge is -2.40. The average molecular weight is 315 g/mol. The van der Waals surface area contributed by atoms with Gasteiger partial charge in [0.15, 0.2) is 0 Å². The van der Waals surface area contributed by atoms with E-state index in [9.17, 15) is 23.7 Å². The third kappa shape index (κ3) is 4.63. The van der Waals surface area contributed by atoms with Gasteiger partial charge in [-0.2, -0.15) is 8.42 Å². The monoisotopic (exact) mass is 315 g/mol. The van der Waals surface area contributed by atoms with Gasteiger partial charge in [-0.1, -0.05) is 5.16 Å². The Morgan fingerprint density at radius 2 is 1.75 bits per heavy atom. The first-order chi connectivity index (χ1) is 9.15. The van der Waals surface area contributed by atoms with Crippen LogP contribution in [0.2, 0.25) is 0 Å². The van der Waals surface area contributed by atoms with Crippen molar-refractivity contribution in [2.45, 2.75) is 43.9 Å². The van der Waals surface area contributed by atoms with Crippen molar-refractivity contribution in [2.24, 2.45) is 5.16 Å². The molecule has 0 radical (unpaired) electrons. The fourth-order valence-electron chi connectivity index (χ4n) is 1.79. The number of ether oxygens (including phenoxy) is 1. The number of nitrogens with zero attached hydrogens (tertiary/aromatic N) is 1. The lowest BCUT2D eigenvalue weighted by atomic mass is 9.93. The minimum atomic E-state index is -4.73. The molecular weight excluding hydrogens is 298 g/mol. The van der Waals surface area contributed by atoms with Crippen LogP contribution in [-0.4, -0.2) is 76.2 Å². The molecule has 5 N–H and O–H groups in total. The van der Waals surface area contributed by atoms with E-state index < -0.39 is 47.5 Å². The molecule has 10 nitrogen and oxygen atoms in total. The Labute approximate surface area is 115 Å². The predicted molar refractivity (Wildman–Crippen MR) is 64.1 cm³/mol. The van der Waals surface area contributed by atoms with Gasteiger partial charge in [0.25, 0.3) is 0 Å². The molecule has 1 saturated heterocycles. The molecule has 0 aromatic rings. The van der Waals surface area contributed by atoms with Crippen LogP contribution < -0.4 is 0 Å². The maximum Gasteiger partial charge on any atom is 0.466 e. The van der Waals surface area contributed by atoms with Crippen LogP contribution in [0, 0.1) is 0 Å². The second-order valence-electron chi connectivity index (χ2n) is 4.40. The van der Waals surface area contributed by atoms with E-state index >= 15 is 0 Å². The predicted octanol–water partition coefficient (Wildman–Crippen LogP) is -2.59. The first kappa shape index (κ1) is 17.2. The van der Waals surface area contributed by atoms with E-state index in [1.807, 2.05) is 0 Å². The number of hydrogen-bond acceptors (Lipinski definition) is 9. The van der Waals surface area contributed by atoms with Crippen molar-refractivity contribution in [2.75, 3.05) is 6.61 Å². The van der Waals surface area contributed by atoms with Crippen LogP contribution >= 0.6 is 0 Å². The van der Waals surface area contributed by atoms with Gasteiger partial charge in [-0.25, -0.2) is 4.28 Å². The molecule has 0 unspecified atom stereocenters. The zero-order valence-electron chi connectivity index (χ0n) is 10.5. The summed E-state index contributed by atoms with van der Waals surface area (Å²) in [5.74, 6) is 0. The number of rotatable bonds is 5. The van der Waals surface area contributed by atoms with Crippen LogP contribution in [0.15, 0.2) is 5.16 Å². The summed E-state index contributed by atoms with van der Waals surface area (Å²) in [4.78, 5) is 0. The molecule has 1 fully saturated rings. The summed E-state index contributed by atoms with van der Waals surface area (Å²) in [6, 6.07) is 0. The molecule has 1 aliphatic rings. The lowest BCUT2D eigenvalue weighted by Crippen LogP contribution is -2.58. The van der Waals surface area contributed by atoms with Crippen molar-refractivity contribution in [1.29, 1.82) is 0 Å². The van der Waals surface area contributed by atoms with Gasteiger partial charge in [0.1, 0.15) is 24.4 Å². The van der Waals surface area contributed by atoms with Gasteiger partial charge >= 0.3 is 10.4 Å². The highest BCUT2D eigenvalue weighted by atomic mass is 32.3. The number of aliphatic hydroxyl groups excluding tert-OH is 4. The quantitative estimate of drug-likeness (QED) is 0.208. The fourth-order valence-corrected chi connectivity index (χ4v) is 2.01. The Bertz CT molecular complexity index is 448. The second-order valence-corrected chi connectivity index (χ2v) is 5.40. The van der Waals surface area contributed by atoms with Crippen LogP contribution in [0.5, 0.6) is 0 Å². The van der Waals surface area contributed by atoms with Gasteiger partial charge in [0.2, 0.25) is 0 Å². The Kier molecular flexibility index (Phi) is 5.82. The summed E-state index contributed by atoms with van der Waals surface area (Å²) < 4.78 is 37.9. The molecular formula is C9H17NO9S. The minimum absolute atomic E-state index is 0.0481. The van der Waals surface area contributed by atoms with Crippen LogP contribution in [-0.2, 0) is 19.4 Å². The van der Waals surface area contributed by atoms with Crippen molar-refractivity contribution in [3.63, 3.8) is 0 Å². The topological polar surface area (TPSA) is 166 Å². The number of aliphatic hydroxyl groups is 4. The van der Waals surface area contributed by atoms with Crippen LogP contribution in [0.1, 0.15) is 13.3 Å². The molecule has 0 aromatic heterocycles. The second kappa shape index (κ2) is 6.76. The highest BCUT2D eigenvalue weighted by molar-refractivity contribution is 7.80. The molecule has 0 bridgehead atoms. The van der Waals surface area contributed by atoms with Crippen molar-refractivity contribution in [1.82, 2.24) is 0 Å². The molecule has 0 saturated carbocycles. The van der Waals surface area contributed by atoms with Crippen LogP contribution in [0.4, 0.5) is 0 Å². The molecule has 0 aromatic carbocycles. The summed E-state index contributed by atoms with van der Waals surface area (Å²) >= 11 is 0. The molecule has 11 heteroatoms. The SMILES string of the molecule is C/C(C[C@@H]1O[C@H](CO)[C@@H](O)[C@H](O)[C@H]1O)=N/OS(=O)(=O)O. The standard InChI is InChI=1S/C9H17NO9S/c1-4(10-19-20(15,16)17)2-5-7(12)9(14)8(13)6(3-11)18-5/h5-9,11-14H,2-3H2,1H3,(H,15,16,17)/b10-4-/t5-,6+,7-,8+,9+/m0/s1. The smallest absolute Gasteiger partial charge is 0.394 e. The van der Waals surface area contributed by atoms with E-state index in [0.717, 1.165) is 0 Å².